The van der Waals surface area contributed by atoms with Crippen molar-refractivity contribution in [1.29, 1.82) is 5.26 Å². The number of hydrogen-bond acceptors (Lipinski definition) is 4. The van der Waals surface area contributed by atoms with Crippen molar-refractivity contribution < 1.29 is 35.6 Å². The Morgan fingerprint density at radius 2 is 1.68 bits per heavy atom. The molecule has 1 N–H and O–H groups in total. The van der Waals surface area contributed by atoms with Crippen LogP contribution in [0.1, 0.15) is 36.1 Å². The van der Waals surface area contributed by atoms with Crippen LogP contribution in [0.4, 0.5) is 30.7 Å². The minimum absolute atomic E-state index is 0.0512. The van der Waals surface area contributed by atoms with Crippen molar-refractivity contribution >= 4 is 23.1 Å². The second-order valence-corrected chi connectivity index (χ2v) is 9.72. The topological polar surface area (TPSA) is 60.7 Å². The number of aliphatic imine (C=N–C) groups is 1. The summed E-state index contributed by atoms with van der Waals surface area (Å²) in [7, 11) is 0. The van der Waals surface area contributed by atoms with E-state index in [2.05, 4.69) is 10.5 Å². The van der Waals surface area contributed by atoms with Crippen LogP contribution in [0.2, 0.25) is 5.02 Å². The van der Waals surface area contributed by atoms with Crippen molar-refractivity contribution in [1.82, 2.24) is 10.4 Å². The summed E-state index contributed by atoms with van der Waals surface area (Å²) in [6, 6.07) is 7.41. The van der Waals surface area contributed by atoms with E-state index in [4.69, 9.17) is 21.7 Å². The lowest BCUT2D eigenvalue weighted by molar-refractivity contribution is -0.269. The number of hydroxylamine groups is 1. The Labute approximate surface area is 218 Å². The molecule has 0 bridgehead atoms. The Morgan fingerprint density at radius 1 is 1.08 bits per heavy atom. The molecule has 0 saturated carbocycles. The van der Waals surface area contributed by atoms with Crippen LogP contribution in [0.25, 0.3) is 5.70 Å². The standard InChI is InChI=1S/C25H20ClF7N4O/c1-14(2)21(35-13-34)37-11-22(27,12-37)16-5-3-15(4-6-16)20-10-23(38-36-20,25(31,32)33)17-7-8-19(26)18(9-17)24(28,29)30/h3-10,14,36H,11-12H2,1-2H3. The average Bonchev–Trinajstić information content (AvgIpc) is 3.27. The molecule has 1 saturated heterocycles. The number of halogens is 8. The van der Waals surface area contributed by atoms with Gasteiger partial charge in [-0.15, -0.1) is 0 Å². The smallest absolute Gasteiger partial charge is 0.352 e. The van der Waals surface area contributed by atoms with E-state index in [0.717, 1.165) is 12.1 Å². The van der Waals surface area contributed by atoms with Gasteiger partial charge in [0, 0.05) is 11.5 Å². The fourth-order valence-corrected chi connectivity index (χ4v) is 4.65. The third-order valence-electron chi connectivity index (χ3n) is 6.39. The number of rotatable bonds is 4. The summed E-state index contributed by atoms with van der Waals surface area (Å²) >= 11 is 5.57. The molecule has 2 aliphatic rings. The Kier molecular flexibility index (Phi) is 6.91. The number of benzene rings is 2. The van der Waals surface area contributed by atoms with Gasteiger partial charge in [0.25, 0.3) is 0 Å². The van der Waals surface area contributed by atoms with Gasteiger partial charge in [0.2, 0.25) is 11.8 Å². The second-order valence-electron chi connectivity index (χ2n) is 9.31. The zero-order chi connectivity index (χ0) is 28.1. The lowest BCUT2D eigenvalue weighted by Crippen LogP contribution is -2.59. The Balaban J connectivity index is 1.62. The maximum absolute atomic E-state index is 15.4. The van der Waals surface area contributed by atoms with Gasteiger partial charge in [-0.2, -0.15) is 36.6 Å². The van der Waals surface area contributed by atoms with Crippen molar-refractivity contribution in [2.24, 2.45) is 10.9 Å². The molecule has 2 aliphatic heterocycles. The highest BCUT2D eigenvalue weighted by atomic mass is 35.5. The highest BCUT2D eigenvalue weighted by molar-refractivity contribution is 6.31. The number of hydrogen-bond donors (Lipinski definition) is 1. The van der Waals surface area contributed by atoms with Crippen molar-refractivity contribution in [3.05, 3.63) is 75.8 Å². The van der Waals surface area contributed by atoms with Gasteiger partial charge in [-0.25, -0.2) is 4.39 Å². The molecule has 1 fully saturated rings. The highest BCUT2D eigenvalue weighted by Gasteiger charge is 2.60. The fraction of sp³-hybridized carbons (Fsp3) is 0.360. The molecular formula is C25H20ClF7N4O. The molecule has 2 heterocycles. The summed E-state index contributed by atoms with van der Waals surface area (Å²) in [5, 5.41) is 8.10. The van der Waals surface area contributed by atoms with Crippen LogP contribution < -0.4 is 5.48 Å². The van der Waals surface area contributed by atoms with E-state index in [9.17, 15) is 26.3 Å². The maximum atomic E-state index is 15.4. The Bertz CT molecular complexity index is 1320. The number of alkyl halides is 7. The van der Waals surface area contributed by atoms with Crippen molar-refractivity contribution in [2.45, 2.75) is 37.5 Å². The zero-order valence-electron chi connectivity index (χ0n) is 19.9. The molecule has 0 amide bonds. The van der Waals surface area contributed by atoms with Crippen LogP contribution in [0.3, 0.4) is 0 Å². The third-order valence-corrected chi connectivity index (χ3v) is 6.72. The molecule has 0 aromatic heterocycles. The highest BCUT2D eigenvalue weighted by Crippen LogP contribution is 2.49. The quantitative estimate of drug-likeness (QED) is 0.195. The minimum atomic E-state index is -5.14. The van der Waals surface area contributed by atoms with Gasteiger partial charge in [0.15, 0.2) is 5.67 Å². The number of nitrogens with one attached hydrogen (secondary N) is 1. The molecule has 0 aliphatic carbocycles. The van der Waals surface area contributed by atoms with E-state index in [1.165, 1.54) is 24.3 Å². The van der Waals surface area contributed by atoms with Crippen molar-refractivity contribution in [2.75, 3.05) is 13.1 Å². The van der Waals surface area contributed by atoms with Gasteiger partial charge in [0.1, 0.15) is 5.84 Å². The first-order chi connectivity index (χ1) is 17.6. The second kappa shape index (κ2) is 9.47. The molecule has 5 nitrogen and oxygen atoms in total. The van der Waals surface area contributed by atoms with Gasteiger partial charge in [0.05, 0.1) is 29.4 Å². The molecule has 202 valence electrons. The average molecular weight is 561 g/mol. The van der Waals surface area contributed by atoms with E-state index >= 15 is 4.39 Å². The molecule has 0 spiro atoms. The Hall–Kier alpha value is -3.30. The fourth-order valence-electron chi connectivity index (χ4n) is 4.43. The molecule has 13 heteroatoms. The number of nitrogens with zero attached hydrogens (tertiary/aromatic N) is 3. The van der Waals surface area contributed by atoms with Gasteiger partial charge >= 0.3 is 12.4 Å². The van der Waals surface area contributed by atoms with Crippen LogP contribution in [0.15, 0.2) is 53.5 Å². The summed E-state index contributed by atoms with van der Waals surface area (Å²) in [5.74, 6) is 0.359. The van der Waals surface area contributed by atoms with Crippen LogP contribution in [0, 0.1) is 17.4 Å². The molecule has 0 radical (unpaired) electrons. The molecule has 2 aromatic carbocycles. The van der Waals surface area contributed by atoms with Gasteiger partial charge < -0.3 is 4.90 Å². The van der Waals surface area contributed by atoms with Gasteiger partial charge in [-0.1, -0.05) is 55.8 Å². The summed E-state index contributed by atoms with van der Waals surface area (Å²) in [4.78, 5) is 10.3. The minimum Gasteiger partial charge on any atom is -0.352 e. The predicted octanol–water partition coefficient (Wildman–Crippen LogP) is 6.71. The largest absolute Gasteiger partial charge is 0.428 e. The molecule has 1 atom stereocenters. The first kappa shape index (κ1) is 27.7. The molecular weight excluding hydrogens is 541 g/mol. The van der Waals surface area contributed by atoms with Gasteiger partial charge in [-0.3, -0.25) is 10.3 Å². The van der Waals surface area contributed by atoms with E-state index in [-0.39, 0.29) is 35.8 Å². The lowest BCUT2D eigenvalue weighted by Gasteiger charge is -2.47. The summed E-state index contributed by atoms with van der Waals surface area (Å²) in [6.45, 7) is 3.54. The summed E-state index contributed by atoms with van der Waals surface area (Å²) in [5.41, 5.74) is -4.79. The first-order valence-corrected chi connectivity index (χ1v) is 11.6. The third kappa shape index (κ3) is 4.80. The number of likely N-dealkylation sites (tertiary alicyclic amines) is 1. The molecule has 4 rings (SSSR count). The SMILES string of the molecule is CC(C)C(=NC#N)N1CC(F)(c2ccc(C3=CC(c4ccc(Cl)c(C(F)(F)F)c4)(C(F)(F)F)ON3)cc2)C1. The van der Waals surface area contributed by atoms with E-state index < -0.39 is 39.8 Å². The van der Waals surface area contributed by atoms with E-state index in [0.29, 0.717) is 18.0 Å². The van der Waals surface area contributed by atoms with E-state index in [1.807, 2.05) is 13.8 Å². The first-order valence-electron chi connectivity index (χ1n) is 11.2. The van der Waals surface area contributed by atoms with Crippen molar-refractivity contribution in [3.63, 3.8) is 0 Å². The maximum Gasteiger partial charge on any atom is 0.428 e. The van der Waals surface area contributed by atoms with E-state index in [1.54, 1.807) is 11.1 Å². The predicted molar refractivity (Wildman–Crippen MR) is 125 cm³/mol. The van der Waals surface area contributed by atoms with Crippen LogP contribution in [0.5, 0.6) is 0 Å². The summed E-state index contributed by atoms with van der Waals surface area (Å²) in [6.07, 6.45) is -7.79. The Morgan fingerprint density at radius 3 is 2.21 bits per heavy atom. The molecule has 38 heavy (non-hydrogen) atoms. The van der Waals surface area contributed by atoms with Gasteiger partial charge in [-0.05, 0) is 29.3 Å². The van der Waals surface area contributed by atoms with Crippen LogP contribution in [-0.2, 0) is 22.3 Å². The number of nitriles is 1. The zero-order valence-corrected chi connectivity index (χ0v) is 20.6. The monoisotopic (exact) mass is 560 g/mol. The normalized spacial score (nSPS) is 21.6. The lowest BCUT2D eigenvalue weighted by atomic mass is 9.86. The van der Waals surface area contributed by atoms with Crippen molar-refractivity contribution in [3.8, 4) is 6.19 Å². The van der Waals surface area contributed by atoms with Crippen LogP contribution in [-0.4, -0.2) is 30.0 Å². The number of amidine groups is 1. The molecule has 1 unspecified atom stereocenters. The molecule has 2 aromatic rings. The summed E-state index contributed by atoms with van der Waals surface area (Å²) < 4.78 is 97.9. The van der Waals surface area contributed by atoms with Crippen LogP contribution >= 0.6 is 11.6 Å².